The lowest BCUT2D eigenvalue weighted by atomic mass is 10.3. The summed E-state index contributed by atoms with van der Waals surface area (Å²) in [5.41, 5.74) is 0. The molecule has 1 unspecified atom stereocenters. The normalized spacial score (nSPS) is 13.3. The molecule has 0 aromatic rings. The van der Waals surface area contributed by atoms with E-state index in [1.165, 1.54) is 0 Å². The summed E-state index contributed by atoms with van der Waals surface area (Å²) < 4.78 is 19.2. The molecule has 0 fully saturated rings. The van der Waals surface area contributed by atoms with Gasteiger partial charge in [-0.05, 0) is 6.42 Å². The van der Waals surface area contributed by atoms with Crippen LogP contribution in [0.4, 0.5) is 0 Å². The van der Waals surface area contributed by atoms with E-state index < -0.39 is 13.8 Å². The number of hydrogen-bond acceptors (Lipinski definition) is 4. The maximum Gasteiger partial charge on any atom is 0.469 e. The van der Waals surface area contributed by atoms with Gasteiger partial charge in [-0.15, -0.1) is 0 Å². The number of halogens is 1. The highest BCUT2D eigenvalue weighted by Crippen LogP contribution is 2.36. The van der Waals surface area contributed by atoms with E-state index in [0.717, 1.165) is 6.08 Å². The monoisotopic (exact) mass is 302 g/mol. The standard InChI is InChI=1S/C7H12BrO6P/c1-2-7(9)13-4-3-6(8)5-14-15(10,11)12/h2,6H,1,3-5H2,(H2,10,11,12). The molecule has 0 aliphatic rings. The van der Waals surface area contributed by atoms with Crippen LogP contribution in [0.25, 0.3) is 0 Å². The van der Waals surface area contributed by atoms with Crippen molar-refractivity contribution in [3.63, 3.8) is 0 Å². The maximum atomic E-state index is 10.6. The third-order valence-corrected chi connectivity index (χ3v) is 2.47. The predicted molar refractivity (Wildman–Crippen MR) is 56.5 cm³/mol. The van der Waals surface area contributed by atoms with Gasteiger partial charge < -0.3 is 14.5 Å². The second-order valence-electron chi connectivity index (χ2n) is 2.54. The average Bonchev–Trinajstić information content (AvgIpc) is 2.13. The number of phosphoric acid groups is 1. The van der Waals surface area contributed by atoms with Crippen LogP contribution in [0.5, 0.6) is 0 Å². The highest BCUT2D eigenvalue weighted by Gasteiger charge is 2.16. The Morgan fingerprint density at radius 3 is 2.67 bits per heavy atom. The van der Waals surface area contributed by atoms with Crippen molar-refractivity contribution < 1.29 is 28.4 Å². The van der Waals surface area contributed by atoms with Gasteiger partial charge in [-0.3, -0.25) is 4.52 Å². The Bertz CT molecular complexity index is 262. The van der Waals surface area contributed by atoms with Crippen molar-refractivity contribution in [2.45, 2.75) is 11.2 Å². The van der Waals surface area contributed by atoms with E-state index >= 15 is 0 Å². The molecule has 0 amide bonds. The van der Waals surface area contributed by atoms with Gasteiger partial charge in [-0.25, -0.2) is 9.36 Å². The van der Waals surface area contributed by atoms with E-state index in [0.29, 0.717) is 6.42 Å². The summed E-state index contributed by atoms with van der Waals surface area (Å²) >= 11 is 3.12. The van der Waals surface area contributed by atoms with Gasteiger partial charge in [0, 0.05) is 10.9 Å². The van der Waals surface area contributed by atoms with Gasteiger partial charge in [0.25, 0.3) is 0 Å². The molecule has 0 aliphatic heterocycles. The summed E-state index contributed by atoms with van der Waals surface area (Å²) in [7, 11) is -4.43. The first-order valence-corrected chi connectivity index (χ1v) is 6.43. The topological polar surface area (TPSA) is 93.1 Å². The minimum Gasteiger partial charge on any atom is -0.463 e. The lowest BCUT2D eigenvalue weighted by Gasteiger charge is -2.10. The van der Waals surface area contributed by atoms with E-state index in [9.17, 15) is 9.36 Å². The molecular weight excluding hydrogens is 291 g/mol. The SMILES string of the molecule is C=CC(=O)OCCC(Br)COP(=O)(O)O. The van der Waals surface area contributed by atoms with Crippen molar-refractivity contribution in [2.24, 2.45) is 0 Å². The molecule has 0 rings (SSSR count). The van der Waals surface area contributed by atoms with Crippen LogP contribution in [-0.4, -0.2) is 33.8 Å². The molecule has 0 aliphatic carbocycles. The molecule has 0 spiro atoms. The second-order valence-corrected chi connectivity index (χ2v) is 5.08. The van der Waals surface area contributed by atoms with Gasteiger partial charge in [0.15, 0.2) is 0 Å². The molecular formula is C7H12BrO6P. The third-order valence-electron chi connectivity index (χ3n) is 1.27. The van der Waals surface area contributed by atoms with Crippen molar-refractivity contribution >= 4 is 29.7 Å². The summed E-state index contributed by atoms with van der Waals surface area (Å²) in [6.45, 7) is 3.19. The molecule has 1 atom stereocenters. The molecule has 0 aromatic heterocycles. The number of hydrogen-bond donors (Lipinski definition) is 2. The number of phosphoric ester groups is 1. The first kappa shape index (κ1) is 14.8. The van der Waals surface area contributed by atoms with Gasteiger partial charge in [0.05, 0.1) is 13.2 Å². The van der Waals surface area contributed by atoms with Crippen LogP contribution in [-0.2, 0) is 18.6 Å². The van der Waals surface area contributed by atoms with Crippen LogP contribution in [0.1, 0.15) is 6.42 Å². The molecule has 8 heteroatoms. The quantitative estimate of drug-likeness (QED) is 0.315. The van der Waals surface area contributed by atoms with Crippen LogP contribution in [0.15, 0.2) is 12.7 Å². The Hall–Kier alpha value is -0.200. The zero-order valence-corrected chi connectivity index (χ0v) is 10.3. The molecule has 0 saturated carbocycles. The summed E-state index contributed by atoms with van der Waals surface area (Å²) in [6, 6.07) is 0. The summed E-state index contributed by atoms with van der Waals surface area (Å²) in [4.78, 5) is 27.1. The Morgan fingerprint density at radius 2 is 2.20 bits per heavy atom. The van der Waals surface area contributed by atoms with E-state index in [1.807, 2.05) is 0 Å². The third kappa shape index (κ3) is 10.1. The number of rotatable bonds is 7. The molecule has 0 saturated heterocycles. The maximum absolute atomic E-state index is 10.6. The van der Waals surface area contributed by atoms with E-state index in [1.54, 1.807) is 0 Å². The number of ether oxygens (including phenoxy) is 1. The Labute approximate surface area is 95.6 Å². The first-order chi connectivity index (χ1) is 6.85. The largest absolute Gasteiger partial charge is 0.469 e. The van der Waals surface area contributed by atoms with E-state index in [2.05, 4.69) is 31.8 Å². The fourth-order valence-corrected chi connectivity index (χ4v) is 1.51. The second kappa shape index (κ2) is 7.14. The number of carbonyl (C=O) groups is 1. The number of alkyl halides is 1. The molecule has 0 bridgehead atoms. The smallest absolute Gasteiger partial charge is 0.463 e. The molecule has 2 N–H and O–H groups in total. The molecule has 88 valence electrons. The van der Waals surface area contributed by atoms with Gasteiger partial charge >= 0.3 is 13.8 Å². The van der Waals surface area contributed by atoms with Crippen LogP contribution >= 0.6 is 23.8 Å². The van der Waals surface area contributed by atoms with Crippen LogP contribution in [0.2, 0.25) is 0 Å². The van der Waals surface area contributed by atoms with Crippen molar-refractivity contribution in [3.05, 3.63) is 12.7 Å². The number of esters is 1. The van der Waals surface area contributed by atoms with Crippen LogP contribution < -0.4 is 0 Å². The van der Waals surface area contributed by atoms with Crippen molar-refractivity contribution in [3.8, 4) is 0 Å². The zero-order valence-electron chi connectivity index (χ0n) is 7.84. The van der Waals surface area contributed by atoms with Gasteiger partial charge in [0.1, 0.15) is 0 Å². The lowest BCUT2D eigenvalue weighted by molar-refractivity contribution is -0.137. The predicted octanol–water partition coefficient (Wildman–Crippen LogP) is 0.978. The average molecular weight is 303 g/mol. The molecule has 15 heavy (non-hydrogen) atoms. The number of carbonyl (C=O) groups excluding carboxylic acids is 1. The van der Waals surface area contributed by atoms with Crippen molar-refractivity contribution in [2.75, 3.05) is 13.2 Å². The van der Waals surface area contributed by atoms with E-state index in [-0.39, 0.29) is 18.0 Å². The highest BCUT2D eigenvalue weighted by molar-refractivity contribution is 9.09. The zero-order chi connectivity index (χ0) is 11.9. The first-order valence-electron chi connectivity index (χ1n) is 3.98. The van der Waals surface area contributed by atoms with Crippen LogP contribution in [0.3, 0.4) is 0 Å². The van der Waals surface area contributed by atoms with Crippen molar-refractivity contribution in [1.82, 2.24) is 0 Å². The minimum atomic E-state index is -4.43. The molecule has 0 radical (unpaired) electrons. The fourth-order valence-electron chi connectivity index (χ4n) is 0.608. The Morgan fingerprint density at radius 1 is 1.60 bits per heavy atom. The van der Waals surface area contributed by atoms with Crippen LogP contribution in [0, 0.1) is 0 Å². The molecule has 0 aromatic carbocycles. The summed E-state index contributed by atoms with van der Waals surface area (Å²) in [6.07, 6.45) is 1.43. The van der Waals surface area contributed by atoms with E-state index in [4.69, 9.17) is 9.79 Å². The summed E-state index contributed by atoms with van der Waals surface area (Å²) in [5.74, 6) is -0.536. The minimum absolute atomic E-state index is 0.130. The van der Waals surface area contributed by atoms with Gasteiger partial charge in [0.2, 0.25) is 0 Å². The van der Waals surface area contributed by atoms with Gasteiger partial charge in [-0.1, -0.05) is 22.5 Å². The van der Waals surface area contributed by atoms with Crippen molar-refractivity contribution in [1.29, 1.82) is 0 Å². The lowest BCUT2D eigenvalue weighted by Crippen LogP contribution is -2.12. The molecule has 0 heterocycles. The molecule has 6 nitrogen and oxygen atoms in total. The van der Waals surface area contributed by atoms with Gasteiger partial charge in [-0.2, -0.15) is 0 Å². The fraction of sp³-hybridized carbons (Fsp3) is 0.571. The summed E-state index contributed by atoms with van der Waals surface area (Å²) in [5, 5.41) is 0. The Kier molecular flexibility index (Phi) is 7.04. The highest BCUT2D eigenvalue weighted by atomic mass is 79.9. The Balaban J connectivity index is 3.58.